The number of carbonyl (C=O) groups excluding carboxylic acids is 1. The maximum absolute atomic E-state index is 12.3. The molecule has 2 fully saturated rings. The summed E-state index contributed by atoms with van der Waals surface area (Å²) in [5.74, 6) is 2.85. The summed E-state index contributed by atoms with van der Waals surface area (Å²) >= 11 is 1.70. The van der Waals surface area contributed by atoms with E-state index in [9.17, 15) is 4.79 Å². The quantitative estimate of drug-likeness (QED) is 0.870. The molecule has 2 saturated carbocycles. The van der Waals surface area contributed by atoms with Gasteiger partial charge in [-0.05, 0) is 50.0 Å². The van der Waals surface area contributed by atoms with Crippen LogP contribution in [0.3, 0.4) is 0 Å². The molecule has 2 aliphatic carbocycles. The largest absolute Gasteiger partial charge is 0.352 e. The number of aryl methyl sites for hydroxylation is 1. The monoisotopic (exact) mass is 332 g/mol. The molecule has 4 heteroatoms. The van der Waals surface area contributed by atoms with E-state index in [1.165, 1.54) is 30.4 Å². The third kappa shape index (κ3) is 4.51. The van der Waals surface area contributed by atoms with Gasteiger partial charge in [0, 0.05) is 17.8 Å². The average molecular weight is 333 g/mol. The van der Waals surface area contributed by atoms with Gasteiger partial charge < -0.3 is 11.1 Å². The molecule has 0 saturated heterocycles. The number of amides is 1. The number of nitrogens with two attached hydrogens (primary N) is 1. The lowest BCUT2D eigenvalue weighted by Crippen LogP contribution is -2.54. The van der Waals surface area contributed by atoms with Crippen LogP contribution in [0.25, 0.3) is 0 Å². The minimum Gasteiger partial charge on any atom is -0.352 e. The van der Waals surface area contributed by atoms with Gasteiger partial charge in [-0.1, -0.05) is 36.2 Å². The molecule has 2 bridgehead atoms. The van der Waals surface area contributed by atoms with Crippen LogP contribution in [0.1, 0.15) is 43.2 Å². The summed E-state index contributed by atoms with van der Waals surface area (Å²) < 4.78 is 0. The summed E-state index contributed by atoms with van der Waals surface area (Å²) in [6, 6.07) is 9.22. The Hall–Kier alpha value is -1.00. The number of nitrogens with one attached hydrogen (secondary N) is 1. The van der Waals surface area contributed by atoms with Crippen LogP contribution in [0.5, 0.6) is 0 Å². The molecule has 1 amide bonds. The molecule has 0 spiro atoms. The molecule has 1 aromatic carbocycles. The van der Waals surface area contributed by atoms with E-state index in [0.29, 0.717) is 29.7 Å². The summed E-state index contributed by atoms with van der Waals surface area (Å²) in [5, 5.41) is 3.32. The van der Waals surface area contributed by atoms with Gasteiger partial charge in [-0.2, -0.15) is 0 Å². The second kappa shape index (κ2) is 7.71. The highest BCUT2D eigenvalue weighted by atomic mass is 32.2. The second-order valence-electron chi connectivity index (χ2n) is 7.26. The van der Waals surface area contributed by atoms with Gasteiger partial charge in [0.1, 0.15) is 0 Å². The topological polar surface area (TPSA) is 55.1 Å². The Morgan fingerprint density at radius 1 is 1.30 bits per heavy atom. The average Bonchev–Trinajstić information content (AvgIpc) is 2.48. The van der Waals surface area contributed by atoms with Crippen LogP contribution in [0.2, 0.25) is 0 Å². The van der Waals surface area contributed by atoms with Crippen molar-refractivity contribution in [3.63, 3.8) is 0 Å². The van der Waals surface area contributed by atoms with Gasteiger partial charge in [0.15, 0.2) is 0 Å². The number of fused-ring (bicyclic) bond motifs is 2. The van der Waals surface area contributed by atoms with Crippen molar-refractivity contribution in [2.45, 2.75) is 56.9 Å². The van der Waals surface area contributed by atoms with E-state index in [1.54, 1.807) is 11.8 Å². The predicted octanol–water partition coefficient (Wildman–Crippen LogP) is 3.25. The van der Waals surface area contributed by atoms with E-state index in [4.69, 9.17) is 5.73 Å². The molecular formula is C19H28N2OS. The SMILES string of the molecule is Cc1cccc(CSCC(=O)NC2C3CCCC2CC(N)C3)c1. The van der Waals surface area contributed by atoms with E-state index in [2.05, 4.69) is 36.5 Å². The van der Waals surface area contributed by atoms with E-state index in [-0.39, 0.29) is 5.91 Å². The lowest BCUT2D eigenvalue weighted by atomic mass is 9.67. The number of benzene rings is 1. The summed E-state index contributed by atoms with van der Waals surface area (Å²) in [6.45, 7) is 2.10. The normalized spacial score (nSPS) is 30.0. The zero-order valence-electron chi connectivity index (χ0n) is 14.0. The van der Waals surface area contributed by atoms with Gasteiger partial charge in [0.2, 0.25) is 5.91 Å². The molecular weight excluding hydrogens is 304 g/mol. The fraction of sp³-hybridized carbons (Fsp3) is 0.632. The molecule has 0 aliphatic heterocycles. The van der Waals surface area contributed by atoms with Crippen LogP contribution in [-0.2, 0) is 10.5 Å². The Labute approximate surface area is 143 Å². The molecule has 2 atom stereocenters. The lowest BCUT2D eigenvalue weighted by molar-refractivity contribution is -0.120. The van der Waals surface area contributed by atoms with Crippen molar-refractivity contribution in [3.8, 4) is 0 Å². The lowest BCUT2D eigenvalue weighted by Gasteiger charge is -2.45. The van der Waals surface area contributed by atoms with Gasteiger partial charge in [-0.15, -0.1) is 11.8 Å². The molecule has 3 nitrogen and oxygen atoms in total. The third-order valence-corrected chi connectivity index (χ3v) is 6.29. The molecule has 126 valence electrons. The van der Waals surface area contributed by atoms with Crippen molar-refractivity contribution in [2.75, 3.05) is 5.75 Å². The summed E-state index contributed by atoms with van der Waals surface area (Å²) in [5.41, 5.74) is 8.73. The van der Waals surface area contributed by atoms with Gasteiger partial charge in [0.05, 0.1) is 5.75 Å². The minimum atomic E-state index is 0.194. The molecule has 2 aliphatic rings. The Kier molecular flexibility index (Phi) is 5.65. The second-order valence-corrected chi connectivity index (χ2v) is 8.24. The van der Waals surface area contributed by atoms with Gasteiger partial charge in [0.25, 0.3) is 0 Å². The molecule has 23 heavy (non-hydrogen) atoms. The van der Waals surface area contributed by atoms with Crippen molar-refractivity contribution in [1.29, 1.82) is 0 Å². The first-order chi connectivity index (χ1) is 11.1. The van der Waals surface area contributed by atoms with Crippen LogP contribution in [-0.4, -0.2) is 23.7 Å². The molecule has 2 unspecified atom stereocenters. The van der Waals surface area contributed by atoms with Crippen molar-refractivity contribution in [3.05, 3.63) is 35.4 Å². The predicted molar refractivity (Wildman–Crippen MR) is 97.3 cm³/mol. The number of thioether (sulfide) groups is 1. The Morgan fingerprint density at radius 2 is 2.04 bits per heavy atom. The standard InChI is InChI=1S/C19H28N2OS/c1-13-4-2-5-14(8-13)11-23-12-18(22)21-19-15-6-3-7-16(19)10-17(20)9-15/h2,4-5,8,15-17,19H,3,6-7,9-12,20H2,1H3,(H,21,22). The molecule has 3 N–H and O–H groups in total. The highest BCUT2D eigenvalue weighted by Gasteiger charge is 2.39. The summed E-state index contributed by atoms with van der Waals surface area (Å²) in [4.78, 5) is 12.3. The first-order valence-electron chi connectivity index (χ1n) is 8.80. The van der Waals surface area contributed by atoms with Crippen LogP contribution in [0, 0.1) is 18.8 Å². The smallest absolute Gasteiger partial charge is 0.230 e. The Balaban J connectivity index is 1.46. The first kappa shape index (κ1) is 16.8. The highest BCUT2D eigenvalue weighted by Crippen LogP contribution is 2.39. The third-order valence-electron chi connectivity index (χ3n) is 5.29. The fourth-order valence-electron chi connectivity index (χ4n) is 4.32. The van der Waals surface area contributed by atoms with E-state index in [0.717, 1.165) is 18.6 Å². The summed E-state index contributed by atoms with van der Waals surface area (Å²) in [7, 11) is 0. The highest BCUT2D eigenvalue weighted by molar-refractivity contribution is 7.99. The molecule has 1 aromatic rings. The Morgan fingerprint density at radius 3 is 2.74 bits per heavy atom. The van der Waals surface area contributed by atoms with E-state index in [1.807, 2.05) is 0 Å². The van der Waals surface area contributed by atoms with Crippen molar-refractivity contribution >= 4 is 17.7 Å². The number of rotatable bonds is 5. The minimum absolute atomic E-state index is 0.194. The zero-order chi connectivity index (χ0) is 16.2. The fourth-order valence-corrected chi connectivity index (χ4v) is 5.10. The Bertz CT molecular complexity index is 534. The number of hydrogen-bond donors (Lipinski definition) is 2. The van der Waals surface area contributed by atoms with Crippen molar-refractivity contribution in [1.82, 2.24) is 5.32 Å². The van der Waals surface area contributed by atoms with Crippen molar-refractivity contribution < 1.29 is 4.79 Å². The van der Waals surface area contributed by atoms with E-state index >= 15 is 0 Å². The van der Waals surface area contributed by atoms with Gasteiger partial charge in [-0.3, -0.25) is 4.79 Å². The molecule has 0 heterocycles. The first-order valence-corrected chi connectivity index (χ1v) is 9.95. The number of hydrogen-bond acceptors (Lipinski definition) is 3. The van der Waals surface area contributed by atoms with Crippen LogP contribution in [0.4, 0.5) is 0 Å². The molecule has 3 rings (SSSR count). The van der Waals surface area contributed by atoms with Crippen LogP contribution < -0.4 is 11.1 Å². The van der Waals surface area contributed by atoms with Gasteiger partial charge >= 0.3 is 0 Å². The maximum atomic E-state index is 12.3. The maximum Gasteiger partial charge on any atom is 0.230 e. The van der Waals surface area contributed by atoms with Crippen LogP contribution in [0.15, 0.2) is 24.3 Å². The van der Waals surface area contributed by atoms with E-state index < -0.39 is 0 Å². The summed E-state index contributed by atoms with van der Waals surface area (Å²) in [6.07, 6.45) is 5.92. The van der Waals surface area contributed by atoms with Crippen LogP contribution >= 0.6 is 11.8 Å². The molecule has 0 radical (unpaired) electrons. The van der Waals surface area contributed by atoms with Crippen molar-refractivity contribution in [2.24, 2.45) is 17.6 Å². The zero-order valence-corrected chi connectivity index (χ0v) is 14.8. The van der Waals surface area contributed by atoms with Gasteiger partial charge in [-0.25, -0.2) is 0 Å². The molecule has 0 aromatic heterocycles. The number of carbonyl (C=O) groups is 1.